The van der Waals surface area contributed by atoms with Crippen LogP contribution in [-0.2, 0) is 11.2 Å². The van der Waals surface area contributed by atoms with Crippen LogP contribution in [0.4, 0.5) is 0 Å². The van der Waals surface area contributed by atoms with E-state index in [1.54, 1.807) is 11.3 Å². The largest absolute Gasteiger partial charge is 0.409 e. The highest BCUT2D eigenvalue weighted by atomic mass is 32.1. The van der Waals surface area contributed by atoms with Gasteiger partial charge in [0, 0.05) is 24.0 Å². The molecule has 0 spiro atoms. The fourth-order valence-electron chi connectivity index (χ4n) is 1.76. The molecule has 1 atom stereocenters. The highest BCUT2D eigenvalue weighted by molar-refractivity contribution is 7.09. The van der Waals surface area contributed by atoms with Crippen molar-refractivity contribution in [2.75, 3.05) is 6.54 Å². The molecule has 0 saturated heterocycles. The van der Waals surface area contributed by atoms with Gasteiger partial charge in [0.1, 0.15) is 5.92 Å². The highest BCUT2D eigenvalue weighted by Crippen LogP contribution is 2.12. The Morgan fingerprint density at radius 2 is 2.32 bits per heavy atom. The first-order chi connectivity index (χ1) is 8.95. The Bertz CT molecular complexity index is 456. The quantitative estimate of drug-likeness (QED) is 0.315. The zero-order valence-corrected chi connectivity index (χ0v) is 12.2. The van der Waals surface area contributed by atoms with Gasteiger partial charge in [-0.05, 0) is 12.8 Å². The molecule has 1 aromatic rings. The molecule has 19 heavy (non-hydrogen) atoms. The van der Waals surface area contributed by atoms with Crippen LogP contribution in [0.5, 0.6) is 0 Å². The SMILES string of the molecule is Cc1csc(CCNC(=O)C(C(N)=NO)C(C)C)n1. The third kappa shape index (κ3) is 4.51. The second kappa shape index (κ2) is 7.08. The van der Waals surface area contributed by atoms with Gasteiger partial charge < -0.3 is 16.3 Å². The van der Waals surface area contributed by atoms with E-state index in [1.807, 2.05) is 26.2 Å². The van der Waals surface area contributed by atoms with Crippen molar-refractivity contribution in [3.8, 4) is 0 Å². The lowest BCUT2D eigenvalue weighted by Crippen LogP contribution is -2.42. The summed E-state index contributed by atoms with van der Waals surface area (Å²) in [6.45, 7) is 6.14. The van der Waals surface area contributed by atoms with Crippen LogP contribution in [-0.4, -0.2) is 28.5 Å². The third-order valence-corrected chi connectivity index (χ3v) is 3.71. The molecule has 0 saturated carbocycles. The molecular weight excluding hydrogens is 264 g/mol. The molecule has 1 aromatic heterocycles. The summed E-state index contributed by atoms with van der Waals surface area (Å²) < 4.78 is 0. The van der Waals surface area contributed by atoms with E-state index in [0.717, 1.165) is 10.7 Å². The van der Waals surface area contributed by atoms with Crippen molar-refractivity contribution in [1.29, 1.82) is 0 Å². The summed E-state index contributed by atoms with van der Waals surface area (Å²) in [6.07, 6.45) is 0.686. The van der Waals surface area contributed by atoms with Crippen LogP contribution >= 0.6 is 11.3 Å². The van der Waals surface area contributed by atoms with Gasteiger partial charge in [0.2, 0.25) is 5.91 Å². The molecule has 1 amide bonds. The molecule has 0 bridgehead atoms. The number of nitrogens with zero attached hydrogens (tertiary/aromatic N) is 2. The van der Waals surface area contributed by atoms with Gasteiger partial charge in [-0.3, -0.25) is 4.79 Å². The molecule has 0 aromatic carbocycles. The van der Waals surface area contributed by atoms with Crippen molar-refractivity contribution in [2.45, 2.75) is 27.2 Å². The molecular formula is C12H20N4O2S. The summed E-state index contributed by atoms with van der Waals surface area (Å²) in [5.41, 5.74) is 6.52. The lowest BCUT2D eigenvalue weighted by Gasteiger charge is -2.18. The Hall–Kier alpha value is -1.63. The number of carbonyl (C=O) groups excluding carboxylic acids is 1. The lowest BCUT2D eigenvalue weighted by atomic mass is 9.94. The van der Waals surface area contributed by atoms with E-state index in [4.69, 9.17) is 10.9 Å². The number of nitrogens with two attached hydrogens (primary N) is 1. The average Bonchev–Trinajstić information content (AvgIpc) is 2.74. The fourth-order valence-corrected chi connectivity index (χ4v) is 2.54. The molecule has 1 unspecified atom stereocenters. The Balaban J connectivity index is 2.49. The number of hydrogen-bond donors (Lipinski definition) is 3. The van der Waals surface area contributed by atoms with E-state index < -0.39 is 5.92 Å². The van der Waals surface area contributed by atoms with Crippen LogP contribution < -0.4 is 11.1 Å². The molecule has 106 valence electrons. The minimum atomic E-state index is -0.608. The molecule has 1 rings (SSSR count). The lowest BCUT2D eigenvalue weighted by molar-refractivity contribution is -0.124. The van der Waals surface area contributed by atoms with E-state index in [-0.39, 0.29) is 17.7 Å². The fraction of sp³-hybridized carbons (Fsp3) is 0.583. The summed E-state index contributed by atoms with van der Waals surface area (Å²) in [5, 5.41) is 17.4. The first-order valence-electron chi connectivity index (χ1n) is 6.11. The minimum absolute atomic E-state index is 0.0296. The Labute approximate surface area is 116 Å². The van der Waals surface area contributed by atoms with E-state index in [9.17, 15) is 4.79 Å². The number of amides is 1. The van der Waals surface area contributed by atoms with Gasteiger partial charge >= 0.3 is 0 Å². The van der Waals surface area contributed by atoms with Gasteiger partial charge in [0.15, 0.2) is 5.84 Å². The van der Waals surface area contributed by atoms with Gasteiger partial charge in [-0.2, -0.15) is 0 Å². The van der Waals surface area contributed by atoms with E-state index in [1.165, 1.54) is 0 Å². The third-order valence-electron chi connectivity index (χ3n) is 2.69. The van der Waals surface area contributed by atoms with Crippen molar-refractivity contribution in [3.63, 3.8) is 0 Å². The van der Waals surface area contributed by atoms with Crippen molar-refractivity contribution < 1.29 is 10.0 Å². The van der Waals surface area contributed by atoms with Crippen LogP contribution in [0, 0.1) is 18.8 Å². The van der Waals surface area contributed by atoms with Crippen molar-refractivity contribution in [1.82, 2.24) is 10.3 Å². The number of rotatable bonds is 6. The number of thiazole rings is 1. The number of aromatic nitrogens is 1. The number of oxime groups is 1. The molecule has 0 radical (unpaired) electrons. The van der Waals surface area contributed by atoms with Crippen molar-refractivity contribution in [3.05, 3.63) is 16.1 Å². The highest BCUT2D eigenvalue weighted by Gasteiger charge is 2.26. The Kier molecular flexibility index (Phi) is 5.75. The number of nitrogens with one attached hydrogen (secondary N) is 1. The Morgan fingerprint density at radius 3 is 2.79 bits per heavy atom. The summed E-state index contributed by atoms with van der Waals surface area (Å²) in [7, 11) is 0. The smallest absolute Gasteiger partial charge is 0.231 e. The Morgan fingerprint density at radius 1 is 1.63 bits per heavy atom. The molecule has 1 heterocycles. The van der Waals surface area contributed by atoms with Gasteiger partial charge in [-0.15, -0.1) is 11.3 Å². The molecule has 0 aliphatic heterocycles. The maximum atomic E-state index is 12.0. The zero-order valence-electron chi connectivity index (χ0n) is 11.4. The van der Waals surface area contributed by atoms with Gasteiger partial charge in [-0.25, -0.2) is 4.98 Å². The standard InChI is InChI=1S/C12H20N4O2S/c1-7(2)10(11(13)16-18)12(17)14-5-4-9-15-8(3)6-19-9/h6-7,10,18H,4-5H2,1-3H3,(H2,13,16)(H,14,17). The van der Waals surface area contributed by atoms with Gasteiger partial charge in [-0.1, -0.05) is 19.0 Å². The summed E-state index contributed by atoms with van der Waals surface area (Å²) in [6, 6.07) is 0. The number of carbonyl (C=O) groups is 1. The second-order valence-corrected chi connectivity index (χ2v) is 5.61. The first kappa shape index (κ1) is 15.4. The summed E-state index contributed by atoms with van der Waals surface area (Å²) >= 11 is 1.58. The topological polar surface area (TPSA) is 101 Å². The zero-order chi connectivity index (χ0) is 14.4. The molecule has 0 aliphatic carbocycles. The molecule has 7 heteroatoms. The van der Waals surface area contributed by atoms with Crippen LogP contribution in [0.1, 0.15) is 24.5 Å². The molecule has 6 nitrogen and oxygen atoms in total. The van der Waals surface area contributed by atoms with Crippen LogP contribution in [0.2, 0.25) is 0 Å². The van der Waals surface area contributed by atoms with Crippen molar-refractivity contribution >= 4 is 23.1 Å². The maximum absolute atomic E-state index is 12.0. The second-order valence-electron chi connectivity index (χ2n) is 4.67. The van der Waals surface area contributed by atoms with Crippen LogP contribution in [0.3, 0.4) is 0 Å². The first-order valence-corrected chi connectivity index (χ1v) is 6.99. The number of hydrogen-bond acceptors (Lipinski definition) is 5. The summed E-state index contributed by atoms with van der Waals surface area (Å²) in [4.78, 5) is 16.3. The van der Waals surface area contributed by atoms with Crippen LogP contribution in [0.15, 0.2) is 10.5 Å². The minimum Gasteiger partial charge on any atom is -0.409 e. The average molecular weight is 284 g/mol. The van der Waals surface area contributed by atoms with Crippen LogP contribution in [0.25, 0.3) is 0 Å². The van der Waals surface area contributed by atoms with E-state index >= 15 is 0 Å². The monoisotopic (exact) mass is 284 g/mol. The number of aryl methyl sites for hydroxylation is 1. The van der Waals surface area contributed by atoms with Gasteiger partial charge in [0.05, 0.1) is 5.01 Å². The predicted octanol–water partition coefficient (Wildman–Crippen LogP) is 1.13. The molecule has 4 N–H and O–H groups in total. The number of amidine groups is 1. The molecule has 0 fully saturated rings. The van der Waals surface area contributed by atoms with E-state index in [0.29, 0.717) is 13.0 Å². The predicted molar refractivity (Wildman–Crippen MR) is 75.3 cm³/mol. The van der Waals surface area contributed by atoms with Gasteiger partial charge in [0.25, 0.3) is 0 Å². The maximum Gasteiger partial charge on any atom is 0.231 e. The summed E-state index contributed by atoms with van der Waals surface area (Å²) in [5.74, 6) is -0.919. The van der Waals surface area contributed by atoms with Crippen molar-refractivity contribution in [2.24, 2.45) is 22.7 Å². The van der Waals surface area contributed by atoms with E-state index in [2.05, 4.69) is 15.5 Å². The molecule has 0 aliphatic rings. The normalized spacial score (nSPS) is 13.6.